The van der Waals surface area contributed by atoms with Gasteiger partial charge in [0.25, 0.3) is 5.91 Å². The normalized spacial score (nSPS) is 29.2. The fraction of sp³-hybridized carbons (Fsp3) is 0.577. The molecule has 186 valence electrons. The lowest BCUT2D eigenvalue weighted by Crippen LogP contribution is -2.68. The maximum Gasteiger partial charge on any atom is 0.343 e. The number of ether oxygens (including phenoxy) is 1. The standard InChI is InChI=1S/C26H33N5O4/c27-23(32)22(24-29-16-28-17-30-24)31-13-11-18(12-14-31)21(15-31)35-25(33)26(34,19-7-3-1-4-8-19)20-9-5-2-6-10-20/h1,3-4,7-8,16-18,20-22,34H,2,5-6,9-15H2,(H-,27,32)/p+1/t18?,21-,22?,26?,31?/m0/s1. The first-order valence-corrected chi connectivity index (χ1v) is 12.7. The van der Waals surface area contributed by atoms with Gasteiger partial charge in [-0.1, -0.05) is 49.6 Å². The van der Waals surface area contributed by atoms with Crippen LogP contribution in [0, 0.1) is 11.8 Å². The van der Waals surface area contributed by atoms with Crippen LogP contribution in [0.3, 0.4) is 0 Å². The first-order chi connectivity index (χ1) is 16.9. The maximum absolute atomic E-state index is 13.8. The number of primary amides is 1. The predicted molar refractivity (Wildman–Crippen MR) is 126 cm³/mol. The lowest BCUT2D eigenvalue weighted by atomic mass is 9.73. The highest BCUT2D eigenvalue weighted by Gasteiger charge is 2.56. The molecule has 0 spiro atoms. The van der Waals surface area contributed by atoms with Crippen molar-refractivity contribution in [2.75, 3.05) is 19.6 Å². The third kappa shape index (κ3) is 4.31. The molecule has 35 heavy (non-hydrogen) atoms. The van der Waals surface area contributed by atoms with E-state index in [9.17, 15) is 14.7 Å². The van der Waals surface area contributed by atoms with Crippen molar-refractivity contribution in [3.63, 3.8) is 0 Å². The molecule has 9 heteroatoms. The highest BCUT2D eigenvalue weighted by molar-refractivity contribution is 5.82. The number of piperidine rings is 3. The first kappa shape index (κ1) is 23.8. The maximum atomic E-state index is 13.8. The highest BCUT2D eigenvalue weighted by atomic mass is 16.6. The number of fused-ring (bicyclic) bond motifs is 3. The predicted octanol–water partition coefficient (Wildman–Crippen LogP) is 2.02. The van der Waals surface area contributed by atoms with Crippen LogP contribution in [0.15, 0.2) is 43.0 Å². The Morgan fingerprint density at radius 2 is 1.69 bits per heavy atom. The van der Waals surface area contributed by atoms with Gasteiger partial charge in [0.2, 0.25) is 6.04 Å². The molecule has 0 radical (unpaired) electrons. The van der Waals surface area contributed by atoms with Crippen molar-refractivity contribution in [2.24, 2.45) is 17.6 Å². The second-order valence-corrected chi connectivity index (χ2v) is 10.4. The Morgan fingerprint density at radius 3 is 2.31 bits per heavy atom. The van der Waals surface area contributed by atoms with Crippen LogP contribution in [0.25, 0.3) is 0 Å². The number of carbonyl (C=O) groups excluding carboxylic acids is 2. The SMILES string of the molecule is NC(=O)C(c1ncncn1)[N+]12CCC(CC1)[C@@H](OC(=O)C(O)(c1ccccc1)C1CCCCC1)C2. The quantitative estimate of drug-likeness (QED) is 0.458. The Hall–Kier alpha value is -2.91. The number of rotatable bonds is 7. The molecule has 2 unspecified atom stereocenters. The zero-order valence-corrected chi connectivity index (χ0v) is 20.0. The molecular formula is C26H34N5O4+. The van der Waals surface area contributed by atoms with E-state index >= 15 is 0 Å². The van der Waals surface area contributed by atoms with E-state index in [2.05, 4.69) is 15.0 Å². The average Bonchev–Trinajstić information content (AvgIpc) is 2.90. The van der Waals surface area contributed by atoms with Crippen molar-refractivity contribution in [3.05, 3.63) is 54.4 Å². The van der Waals surface area contributed by atoms with Crippen LogP contribution in [0.4, 0.5) is 0 Å². The minimum absolute atomic E-state index is 0.182. The third-order valence-corrected chi connectivity index (χ3v) is 8.51. The van der Waals surface area contributed by atoms with Crippen LogP contribution in [0.1, 0.15) is 62.4 Å². The number of hydrogen-bond acceptors (Lipinski definition) is 7. The van der Waals surface area contributed by atoms with Gasteiger partial charge in [-0.2, -0.15) is 0 Å². The van der Waals surface area contributed by atoms with Crippen molar-refractivity contribution < 1.29 is 23.9 Å². The summed E-state index contributed by atoms with van der Waals surface area (Å²) in [6.07, 6.45) is 8.62. The summed E-state index contributed by atoms with van der Waals surface area (Å²) >= 11 is 0. The molecule has 3 N–H and O–H groups in total. The fourth-order valence-corrected chi connectivity index (χ4v) is 6.65. The second-order valence-electron chi connectivity index (χ2n) is 10.4. The van der Waals surface area contributed by atoms with Crippen LogP contribution in [0.2, 0.25) is 0 Å². The molecule has 3 saturated heterocycles. The van der Waals surface area contributed by atoms with Gasteiger partial charge in [0.05, 0.1) is 13.1 Å². The number of amides is 1. The van der Waals surface area contributed by atoms with E-state index in [1.165, 1.54) is 12.7 Å². The van der Waals surface area contributed by atoms with Crippen LogP contribution in [-0.2, 0) is 19.9 Å². The minimum atomic E-state index is -1.68. The fourth-order valence-electron chi connectivity index (χ4n) is 6.65. The zero-order valence-electron chi connectivity index (χ0n) is 20.0. The van der Waals surface area contributed by atoms with Gasteiger partial charge < -0.3 is 20.1 Å². The van der Waals surface area contributed by atoms with Crippen LogP contribution < -0.4 is 5.73 Å². The minimum Gasteiger partial charge on any atom is -0.454 e. The number of hydrogen-bond donors (Lipinski definition) is 2. The lowest BCUT2D eigenvalue weighted by molar-refractivity contribution is -0.965. The van der Waals surface area contributed by atoms with E-state index in [0.29, 0.717) is 22.4 Å². The third-order valence-electron chi connectivity index (χ3n) is 8.51. The van der Waals surface area contributed by atoms with Gasteiger partial charge in [-0.3, -0.25) is 4.79 Å². The summed E-state index contributed by atoms with van der Waals surface area (Å²) in [5.74, 6) is -0.718. The van der Waals surface area contributed by atoms with E-state index in [-0.39, 0.29) is 11.8 Å². The average molecular weight is 481 g/mol. The summed E-state index contributed by atoms with van der Waals surface area (Å²) in [7, 11) is 0. The van der Waals surface area contributed by atoms with Gasteiger partial charge in [-0.05, 0) is 18.4 Å². The number of carbonyl (C=O) groups is 2. The second kappa shape index (κ2) is 9.62. The van der Waals surface area contributed by atoms with E-state index in [1.807, 2.05) is 30.3 Å². The molecule has 4 aliphatic rings. The number of quaternary nitrogens is 1. The van der Waals surface area contributed by atoms with Crippen LogP contribution in [0.5, 0.6) is 0 Å². The van der Waals surface area contributed by atoms with Gasteiger partial charge in [0.15, 0.2) is 17.5 Å². The topological polar surface area (TPSA) is 128 Å². The van der Waals surface area contributed by atoms with Gasteiger partial charge in [-0.15, -0.1) is 0 Å². The summed E-state index contributed by atoms with van der Waals surface area (Å²) in [5.41, 5.74) is 4.77. The van der Waals surface area contributed by atoms with Gasteiger partial charge in [-0.25, -0.2) is 19.7 Å². The summed E-state index contributed by atoms with van der Waals surface area (Å²) in [6, 6.07) is 8.46. The Balaban J connectivity index is 1.42. The number of aromatic nitrogens is 3. The Bertz CT molecular complexity index is 1040. The molecule has 4 heterocycles. The molecule has 3 atom stereocenters. The molecule has 3 aliphatic heterocycles. The van der Waals surface area contributed by atoms with Gasteiger partial charge >= 0.3 is 5.97 Å². The van der Waals surface area contributed by atoms with Crippen molar-refractivity contribution in [2.45, 2.75) is 62.7 Å². The Labute approximate surface area is 205 Å². The number of aliphatic hydroxyl groups is 1. The molecule has 1 aromatic carbocycles. The number of esters is 1. The van der Waals surface area contributed by atoms with Crippen molar-refractivity contribution in [1.29, 1.82) is 0 Å². The number of nitrogens with zero attached hydrogens (tertiary/aromatic N) is 4. The monoisotopic (exact) mass is 480 g/mol. The highest BCUT2D eigenvalue weighted by Crippen LogP contribution is 2.44. The summed E-state index contributed by atoms with van der Waals surface area (Å²) in [5, 5.41) is 11.9. The molecule has 1 saturated carbocycles. The molecule has 2 bridgehead atoms. The molecule has 1 aliphatic carbocycles. The van der Waals surface area contributed by atoms with Crippen molar-refractivity contribution in [1.82, 2.24) is 15.0 Å². The first-order valence-electron chi connectivity index (χ1n) is 12.7. The number of nitrogens with two attached hydrogens (primary N) is 1. The molecule has 6 rings (SSSR count). The summed E-state index contributed by atoms with van der Waals surface area (Å²) in [4.78, 5) is 38.7. The van der Waals surface area contributed by atoms with E-state index in [0.717, 1.165) is 58.0 Å². The van der Waals surface area contributed by atoms with E-state index in [1.54, 1.807) is 0 Å². The van der Waals surface area contributed by atoms with Crippen molar-refractivity contribution in [3.8, 4) is 0 Å². The van der Waals surface area contributed by atoms with Crippen molar-refractivity contribution >= 4 is 11.9 Å². The number of benzene rings is 1. The largest absolute Gasteiger partial charge is 0.454 e. The molecule has 1 aromatic heterocycles. The van der Waals surface area contributed by atoms with Crippen LogP contribution >= 0.6 is 0 Å². The molecule has 4 fully saturated rings. The van der Waals surface area contributed by atoms with E-state index < -0.39 is 29.6 Å². The van der Waals surface area contributed by atoms with Gasteiger partial charge in [0, 0.05) is 24.7 Å². The summed E-state index contributed by atoms with van der Waals surface area (Å²) < 4.78 is 6.54. The smallest absolute Gasteiger partial charge is 0.343 e. The zero-order chi connectivity index (χ0) is 24.5. The molecule has 9 nitrogen and oxygen atoms in total. The van der Waals surface area contributed by atoms with Crippen LogP contribution in [-0.4, -0.2) is 62.2 Å². The Kier molecular flexibility index (Phi) is 6.55. The lowest BCUT2D eigenvalue weighted by Gasteiger charge is -2.54. The Morgan fingerprint density at radius 1 is 1.03 bits per heavy atom. The molecular weight excluding hydrogens is 446 g/mol. The molecule has 1 amide bonds. The van der Waals surface area contributed by atoms with Gasteiger partial charge in [0.1, 0.15) is 19.2 Å². The molecule has 2 aromatic rings. The van der Waals surface area contributed by atoms with E-state index in [4.69, 9.17) is 10.5 Å². The summed E-state index contributed by atoms with van der Waals surface area (Å²) in [6.45, 7) is 1.93.